The first-order valence-corrected chi connectivity index (χ1v) is 10.2. The first-order chi connectivity index (χ1) is 16.8. The van der Waals surface area contributed by atoms with E-state index in [9.17, 15) is 4.79 Å². The molecule has 0 atom stereocenters. The molecule has 0 spiro atoms. The number of anilines is 2. The van der Waals surface area contributed by atoms with Crippen LogP contribution >= 0.6 is 0 Å². The quantitative estimate of drug-likeness (QED) is 0.521. The Morgan fingerprint density at radius 3 is 2.75 bits per heavy atom. The van der Waals surface area contributed by atoms with Gasteiger partial charge in [-0.05, 0) is 31.2 Å². The van der Waals surface area contributed by atoms with Crippen LogP contribution in [0.5, 0.6) is 0 Å². The van der Waals surface area contributed by atoms with Gasteiger partial charge in [0.05, 0.1) is 17.9 Å². The van der Waals surface area contributed by atoms with Gasteiger partial charge in [0.25, 0.3) is 5.91 Å². The summed E-state index contributed by atoms with van der Waals surface area (Å²) in [7, 11) is 1.80. The van der Waals surface area contributed by atoms with Crippen LogP contribution in [0.15, 0.2) is 49.1 Å². The Bertz CT molecular complexity index is 1380. The van der Waals surface area contributed by atoms with E-state index in [-0.39, 0.29) is 5.91 Å². The van der Waals surface area contributed by atoms with Crippen LogP contribution < -0.4 is 10.2 Å². The lowest BCUT2D eigenvalue weighted by Crippen LogP contribution is -2.44. The van der Waals surface area contributed by atoms with Gasteiger partial charge in [0.1, 0.15) is 17.3 Å². The number of pyridine rings is 3. The second-order valence-corrected chi connectivity index (χ2v) is 7.59. The van der Waals surface area contributed by atoms with Gasteiger partial charge in [-0.2, -0.15) is 0 Å². The smallest absolute Gasteiger partial charge is 0.257 e. The van der Waals surface area contributed by atoms with Crippen LogP contribution in [0.1, 0.15) is 14.5 Å². The highest BCUT2D eigenvalue weighted by atomic mass is 16.1. The van der Waals surface area contributed by atoms with Crippen LogP contribution in [0.25, 0.3) is 22.2 Å². The van der Waals surface area contributed by atoms with Gasteiger partial charge in [0.15, 0.2) is 0 Å². The van der Waals surface area contributed by atoms with Crippen molar-refractivity contribution in [1.82, 2.24) is 34.8 Å². The van der Waals surface area contributed by atoms with E-state index in [1.54, 1.807) is 54.7 Å². The van der Waals surface area contributed by atoms with E-state index in [1.165, 1.54) is 4.90 Å². The second-order valence-electron chi connectivity index (χ2n) is 7.59. The molecule has 0 saturated carbocycles. The Balaban J connectivity index is 1.31. The van der Waals surface area contributed by atoms with Crippen molar-refractivity contribution in [3.63, 3.8) is 0 Å². The molecule has 0 radical (unpaired) electrons. The summed E-state index contributed by atoms with van der Waals surface area (Å²) in [5.74, 6) is 0.706. The number of nitrogens with one attached hydrogen (secondary N) is 1. The SMILES string of the molecule is [2H]C([2H])([2H])N1CCN(c2cc(C(=O)Nc3cc4cc(-c5cn(C)nn5)cnc4cn3)ccn2)CC1. The van der Waals surface area contributed by atoms with Gasteiger partial charge < -0.3 is 15.1 Å². The van der Waals surface area contributed by atoms with E-state index in [0.29, 0.717) is 54.6 Å². The number of aryl methyl sites for hydroxylation is 1. The summed E-state index contributed by atoms with van der Waals surface area (Å²) in [6, 6.07) is 7.02. The molecule has 0 aliphatic carbocycles. The highest BCUT2D eigenvalue weighted by Crippen LogP contribution is 2.22. The minimum atomic E-state index is -2.10. The van der Waals surface area contributed by atoms with Crippen molar-refractivity contribution in [3.8, 4) is 11.3 Å². The number of fused-ring (bicyclic) bond motifs is 1. The first kappa shape index (κ1) is 16.7. The summed E-state index contributed by atoms with van der Waals surface area (Å²) in [6.45, 7) is -0.257. The first-order valence-electron chi connectivity index (χ1n) is 11.7. The van der Waals surface area contributed by atoms with Crippen molar-refractivity contribution in [3.05, 3.63) is 54.6 Å². The van der Waals surface area contributed by atoms with Gasteiger partial charge in [0, 0.05) is 66.2 Å². The Labute approximate surface area is 189 Å². The molecule has 5 heterocycles. The molecule has 1 fully saturated rings. The van der Waals surface area contributed by atoms with E-state index in [0.717, 1.165) is 10.9 Å². The molecule has 0 unspecified atom stereocenters. The maximum absolute atomic E-state index is 12.9. The third kappa shape index (κ3) is 4.12. The number of hydrogen-bond donors (Lipinski definition) is 1. The molecule has 4 aromatic heterocycles. The zero-order valence-electron chi connectivity index (χ0n) is 20.4. The Morgan fingerprint density at radius 1 is 1.09 bits per heavy atom. The lowest BCUT2D eigenvalue weighted by molar-refractivity contribution is 0.102. The molecular weight excluding hydrogens is 406 g/mol. The molecule has 1 saturated heterocycles. The molecule has 5 rings (SSSR count). The average molecular weight is 433 g/mol. The average Bonchev–Trinajstić information content (AvgIpc) is 3.29. The number of rotatable bonds is 4. The van der Waals surface area contributed by atoms with Crippen LogP contribution in [0.3, 0.4) is 0 Å². The lowest BCUT2D eigenvalue weighted by Gasteiger charge is -2.33. The Hall–Kier alpha value is -3.92. The monoisotopic (exact) mass is 432 g/mol. The highest BCUT2D eigenvalue weighted by molar-refractivity contribution is 6.04. The fourth-order valence-corrected chi connectivity index (χ4v) is 3.58. The van der Waals surface area contributed by atoms with E-state index < -0.39 is 6.98 Å². The van der Waals surface area contributed by atoms with Crippen molar-refractivity contribution in [2.45, 2.75) is 0 Å². The highest BCUT2D eigenvalue weighted by Gasteiger charge is 2.17. The molecule has 1 N–H and O–H groups in total. The van der Waals surface area contributed by atoms with Crippen molar-refractivity contribution in [2.24, 2.45) is 7.05 Å². The van der Waals surface area contributed by atoms with Crippen LogP contribution in [-0.2, 0) is 7.05 Å². The summed E-state index contributed by atoms with van der Waals surface area (Å²) < 4.78 is 24.3. The zero-order valence-corrected chi connectivity index (χ0v) is 17.4. The van der Waals surface area contributed by atoms with Gasteiger partial charge in [-0.25, -0.2) is 9.97 Å². The number of hydrogen-bond acceptors (Lipinski definition) is 8. The number of aromatic nitrogens is 6. The summed E-state index contributed by atoms with van der Waals surface area (Å²) in [5, 5.41) is 11.7. The molecule has 1 aliphatic rings. The molecule has 0 bridgehead atoms. The van der Waals surface area contributed by atoms with Gasteiger partial charge in [0.2, 0.25) is 0 Å². The number of carbonyl (C=O) groups excluding carboxylic acids is 1. The van der Waals surface area contributed by atoms with Crippen molar-refractivity contribution < 1.29 is 8.91 Å². The molecule has 10 heteroatoms. The fourth-order valence-electron chi connectivity index (χ4n) is 3.58. The number of likely N-dealkylation sites (N-methyl/N-ethyl adjacent to an activating group) is 1. The molecule has 32 heavy (non-hydrogen) atoms. The number of nitrogens with zero attached hydrogens (tertiary/aromatic N) is 8. The molecule has 10 nitrogen and oxygen atoms in total. The fraction of sp³-hybridized carbons (Fsp3) is 0.273. The van der Waals surface area contributed by atoms with E-state index >= 15 is 0 Å². The van der Waals surface area contributed by atoms with E-state index in [4.69, 9.17) is 4.11 Å². The number of amides is 1. The summed E-state index contributed by atoms with van der Waals surface area (Å²) in [4.78, 5) is 29.5. The molecular formula is C22H23N9O. The molecule has 4 aromatic rings. The third-order valence-electron chi connectivity index (χ3n) is 5.32. The number of piperazine rings is 1. The largest absolute Gasteiger partial charge is 0.354 e. The summed E-state index contributed by atoms with van der Waals surface area (Å²) in [5.41, 5.74) is 2.64. The summed E-state index contributed by atoms with van der Waals surface area (Å²) in [6.07, 6.45) is 6.69. The third-order valence-corrected chi connectivity index (χ3v) is 5.32. The van der Waals surface area contributed by atoms with Crippen LogP contribution in [-0.4, -0.2) is 73.9 Å². The van der Waals surface area contributed by atoms with Crippen LogP contribution in [0.2, 0.25) is 0 Å². The zero-order chi connectivity index (χ0) is 24.6. The van der Waals surface area contributed by atoms with Gasteiger partial charge in [-0.1, -0.05) is 5.21 Å². The second kappa shape index (κ2) is 8.31. The molecule has 0 aromatic carbocycles. The minimum absolute atomic E-state index is 0.320. The normalized spacial score (nSPS) is 16.4. The standard InChI is InChI=1S/C22H23N9O/c1-29-5-7-31(8-6-29)21-11-15(3-4-23-21)22(32)26-20-10-16-9-17(12-24-18(16)13-25-20)19-14-30(2)28-27-19/h3-4,9-14H,5-8H2,1-2H3,(H,25,26,32)/i1D3. The van der Waals surface area contributed by atoms with Crippen LogP contribution in [0.4, 0.5) is 11.6 Å². The van der Waals surface area contributed by atoms with Crippen molar-refractivity contribution in [1.29, 1.82) is 0 Å². The van der Waals surface area contributed by atoms with Gasteiger partial charge >= 0.3 is 0 Å². The Morgan fingerprint density at radius 2 is 1.97 bits per heavy atom. The molecule has 1 amide bonds. The maximum Gasteiger partial charge on any atom is 0.257 e. The van der Waals surface area contributed by atoms with Gasteiger partial charge in [-0.3, -0.25) is 14.5 Å². The van der Waals surface area contributed by atoms with E-state index in [2.05, 4.69) is 30.6 Å². The Kier molecular flexibility index (Phi) is 4.35. The van der Waals surface area contributed by atoms with Crippen molar-refractivity contribution >= 4 is 28.4 Å². The van der Waals surface area contributed by atoms with Gasteiger partial charge in [-0.15, -0.1) is 5.10 Å². The summed E-state index contributed by atoms with van der Waals surface area (Å²) >= 11 is 0. The predicted octanol–water partition coefficient (Wildman–Crippen LogP) is 1.82. The molecule has 1 aliphatic heterocycles. The number of carbonyl (C=O) groups is 1. The van der Waals surface area contributed by atoms with E-state index in [1.807, 2.05) is 11.0 Å². The molecule has 162 valence electrons. The topological polar surface area (TPSA) is 105 Å². The van der Waals surface area contributed by atoms with Crippen LogP contribution in [0, 0.1) is 0 Å². The minimum Gasteiger partial charge on any atom is -0.354 e. The lowest BCUT2D eigenvalue weighted by atomic mass is 10.1. The van der Waals surface area contributed by atoms with Crippen molar-refractivity contribution in [2.75, 3.05) is 43.4 Å². The predicted molar refractivity (Wildman–Crippen MR) is 121 cm³/mol. The maximum atomic E-state index is 12.9.